The van der Waals surface area contributed by atoms with E-state index >= 15 is 0 Å². The van der Waals surface area contributed by atoms with Crippen molar-refractivity contribution in [3.05, 3.63) is 65.7 Å². The van der Waals surface area contributed by atoms with Crippen molar-refractivity contribution in [3.8, 4) is 0 Å². The number of hydrogen-bond acceptors (Lipinski definition) is 3. The van der Waals surface area contributed by atoms with Crippen LogP contribution in [0.4, 0.5) is 5.69 Å². The van der Waals surface area contributed by atoms with Gasteiger partial charge in [-0.05, 0) is 23.3 Å². The Hall–Kier alpha value is -2.82. The molecule has 2 rings (SSSR count). The van der Waals surface area contributed by atoms with E-state index in [-0.39, 0.29) is 12.3 Å². The molecule has 0 aliphatic rings. The van der Waals surface area contributed by atoms with Crippen LogP contribution >= 0.6 is 0 Å². The van der Waals surface area contributed by atoms with E-state index in [1.165, 1.54) is 0 Å². The molecule has 2 aromatic carbocycles. The number of carboxylic acids is 1. The first-order valence-corrected chi connectivity index (χ1v) is 6.48. The average Bonchev–Trinajstić information content (AvgIpc) is 2.45. The molecule has 2 aromatic rings. The van der Waals surface area contributed by atoms with Crippen LogP contribution in [0.2, 0.25) is 0 Å². The fourth-order valence-electron chi connectivity index (χ4n) is 2.03. The molecule has 1 unspecified atom stereocenters. The Bertz CT molecular complexity index is 641. The summed E-state index contributed by atoms with van der Waals surface area (Å²) in [5, 5.41) is 11.8. The summed E-state index contributed by atoms with van der Waals surface area (Å²) in [4.78, 5) is 23.3. The number of rotatable bonds is 5. The van der Waals surface area contributed by atoms with Gasteiger partial charge in [0.1, 0.15) is 0 Å². The van der Waals surface area contributed by atoms with Gasteiger partial charge >= 0.3 is 5.97 Å². The van der Waals surface area contributed by atoms with Crippen LogP contribution in [0.5, 0.6) is 0 Å². The third kappa shape index (κ3) is 4.07. The van der Waals surface area contributed by atoms with Crippen molar-refractivity contribution in [1.29, 1.82) is 0 Å². The van der Waals surface area contributed by atoms with E-state index < -0.39 is 12.0 Å². The van der Waals surface area contributed by atoms with Crippen LogP contribution in [0, 0.1) is 0 Å². The maximum Gasteiger partial charge on any atom is 0.330 e. The van der Waals surface area contributed by atoms with Gasteiger partial charge in [-0.3, -0.25) is 4.79 Å². The number of aliphatic carboxylic acids is 1. The van der Waals surface area contributed by atoms with Crippen LogP contribution in [-0.2, 0) is 16.0 Å². The maximum atomic E-state index is 12.0. The van der Waals surface area contributed by atoms with Crippen LogP contribution in [0.1, 0.15) is 17.2 Å². The predicted octanol–water partition coefficient (Wildman–Crippen LogP) is 1.75. The summed E-state index contributed by atoms with van der Waals surface area (Å²) in [6, 6.07) is 14.5. The molecule has 0 saturated heterocycles. The molecule has 0 spiro atoms. The smallest absolute Gasteiger partial charge is 0.330 e. The van der Waals surface area contributed by atoms with Gasteiger partial charge in [0.25, 0.3) is 0 Å². The highest BCUT2D eigenvalue weighted by molar-refractivity contribution is 5.85. The van der Waals surface area contributed by atoms with Crippen molar-refractivity contribution in [1.82, 2.24) is 5.32 Å². The lowest BCUT2D eigenvalue weighted by atomic mass is 10.1. The second-order valence-electron chi connectivity index (χ2n) is 4.67. The summed E-state index contributed by atoms with van der Waals surface area (Å²) in [6.45, 7) is 0. The largest absolute Gasteiger partial charge is 0.479 e. The fraction of sp³-hybridized carbons (Fsp3) is 0.125. The Kier molecular flexibility index (Phi) is 4.56. The molecule has 4 N–H and O–H groups in total. The lowest BCUT2D eigenvalue weighted by Crippen LogP contribution is -2.34. The van der Waals surface area contributed by atoms with Gasteiger partial charge in [-0.2, -0.15) is 0 Å². The lowest BCUT2D eigenvalue weighted by Gasteiger charge is -2.15. The quantitative estimate of drug-likeness (QED) is 0.729. The van der Waals surface area contributed by atoms with Crippen molar-refractivity contribution in [2.24, 2.45) is 0 Å². The van der Waals surface area contributed by atoms with E-state index in [9.17, 15) is 14.7 Å². The molecule has 0 aromatic heterocycles. The number of carbonyl (C=O) groups excluding carboxylic acids is 1. The number of nitrogens with two attached hydrogens (primary N) is 1. The number of amides is 1. The van der Waals surface area contributed by atoms with E-state index in [1.807, 2.05) is 0 Å². The van der Waals surface area contributed by atoms with Crippen molar-refractivity contribution in [2.45, 2.75) is 12.5 Å². The minimum absolute atomic E-state index is 0.0850. The van der Waals surface area contributed by atoms with Crippen LogP contribution < -0.4 is 11.1 Å². The lowest BCUT2D eigenvalue weighted by molar-refractivity contribution is -0.141. The molecule has 5 nitrogen and oxygen atoms in total. The highest BCUT2D eigenvalue weighted by Gasteiger charge is 2.21. The molecular weight excluding hydrogens is 268 g/mol. The molecule has 1 amide bonds. The third-order valence-corrected chi connectivity index (χ3v) is 3.00. The molecule has 0 aliphatic carbocycles. The number of hydrogen-bond donors (Lipinski definition) is 3. The topological polar surface area (TPSA) is 92.4 Å². The van der Waals surface area contributed by atoms with Crippen molar-refractivity contribution < 1.29 is 14.7 Å². The van der Waals surface area contributed by atoms with Gasteiger partial charge in [0.15, 0.2) is 6.04 Å². The van der Waals surface area contributed by atoms with Crippen LogP contribution in [0.15, 0.2) is 54.6 Å². The Labute approximate surface area is 122 Å². The third-order valence-electron chi connectivity index (χ3n) is 3.00. The van der Waals surface area contributed by atoms with Gasteiger partial charge in [-0.25, -0.2) is 4.79 Å². The van der Waals surface area contributed by atoms with E-state index in [2.05, 4.69) is 5.32 Å². The molecular formula is C16H16N2O3. The van der Waals surface area contributed by atoms with E-state index in [0.717, 1.165) is 5.56 Å². The Morgan fingerprint density at radius 3 is 2.43 bits per heavy atom. The number of benzene rings is 2. The molecule has 1 atom stereocenters. The SMILES string of the molecule is Nc1cccc(CC(=O)NC(C(=O)O)c2ccccc2)c1. The van der Waals surface area contributed by atoms with Crippen LogP contribution in [-0.4, -0.2) is 17.0 Å². The highest BCUT2D eigenvalue weighted by Crippen LogP contribution is 2.13. The zero-order valence-electron chi connectivity index (χ0n) is 11.3. The molecule has 0 fully saturated rings. The van der Waals surface area contributed by atoms with Crippen LogP contribution in [0.25, 0.3) is 0 Å². The molecule has 0 bridgehead atoms. The zero-order chi connectivity index (χ0) is 15.2. The summed E-state index contributed by atoms with van der Waals surface area (Å²) in [5.41, 5.74) is 7.49. The van der Waals surface area contributed by atoms with E-state index in [1.54, 1.807) is 54.6 Å². The average molecular weight is 284 g/mol. The van der Waals surface area contributed by atoms with Crippen molar-refractivity contribution in [2.75, 3.05) is 5.73 Å². The van der Waals surface area contributed by atoms with Gasteiger partial charge in [0.2, 0.25) is 5.91 Å². The number of anilines is 1. The number of nitrogen functional groups attached to an aromatic ring is 1. The molecule has 0 heterocycles. The zero-order valence-corrected chi connectivity index (χ0v) is 11.3. The Morgan fingerprint density at radius 2 is 1.81 bits per heavy atom. The van der Waals surface area contributed by atoms with Crippen molar-refractivity contribution in [3.63, 3.8) is 0 Å². The first-order valence-electron chi connectivity index (χ1n) is 6.48. The summed E-state index contributed by atoms with van der Waals surface area (Å²) in [7, 11) is 0. The standard InChI is InChI=1S/C16H16N2O3/c17-13-8-4-5-11(9-13)10-14(19)18-15(16(20)21)12-6-2-1-3-7-12/h1-9,15H,10,17H2,(H,18,19)(H,20,21). The van der Waals surface area contributed by atoms with Crippen molar-refractivity contribution >= 4 is 17.6 Å². The molecule has 5 heteroatoms. The number of carbonyl (C=O) groups is 2. The maximum absolute atomic E-state index is 12.0. The second kappa shape index (κ2) is 6.56. The van der Waals surface area contributed by atoms with E-state index in [0.29, 0.717) is 11.3 Å². The summed E-state index contributed by atoms with van der Waals surface area (Å²) in [5.74, 6) is -1.46. The van der Waals surface area contributed by atoms with Crippen LogP contribution in [0.3, 0.4) is 0 Å². The Morgan fingerprint density at radius 1 is 1.10 bits per heavy atom. The summed E-state index contributed by atoms with van der Waals surface area (Å²) < 4.78 is 0. The normalized spacial score (nSPS) is 11.6. The molecule has 108 valence electrons. The van der Waals surface area contributed by atoms with Gasteiger partial charge in [0, 0.05) is 5.69 Å². The fourth-order valence-corrected chi connectivity index (χ4v) is 2.03. The highest BCUT2D eigenvalue weighted by atomic mass is 16.4. The molecule has 0 radical (unpaired) electrons. The summed E-state index contributed by atoms with van der Waals surface area (Å²) in [6.07, 6.45) is 0.0850. The number of nitrogens with one attached hydrogen (secondary N) is 1. The predicted molar refractivity (Wildman–Crippen MR) is 79.5 cm³/mol. The second-order valence-corrected chi connectivity index (χ2v) is 4.67. The van der Waals surface area contributed by atoms with Gasteiger partial charge in [0.05, 0.1) is 6.42 Å². The van der Waals surface area contributed by atoms with Gasteiger partial charge in [-0.15, -0.1) is 0 Å². The molecule has 21 heavy (non-hydrogen) atoms. The molecule has 0 saturated carbocycles. The first-order chi connectivity index (χ1) is 10.1. The summed E-state index contributed by atoms with van der Waals surface area (Å²) >= 11 is 0. The monoisotopic (exact) mass is 284 g/mol. The molecule has 0 aliphatic heterocycles. The van der Waals surface area contributed by atoms with Gasteiger partial charge < -0.3 is 16.2 Å². The minimum atomic E-state index is -1.10. The Balaban J connectivity index is 2.07. The van der Waals surface area contributed by atoms with Gasteiger partial charge in [-0.1, -0.05) is 42.5 Å². The number of carboxylic acid groups (broad SMARTS) is 1. The minimum Gasteiger partial charge on any atom is -0.479 e. The van der Waals surface area contributed by atoms with E-state index in [4.69, 9.17) is 5.73 Å². The first kappa shape index (κ1) is 14.6.